The van der Waals surface area contributed by atoms with Crippen LogP contribution >= 0.6 is 11.6 Å². The Morgan fingerprint density at radius 1 is 1.38 bits per heavy atom. The number of alkyl halides is 2. The van der Waals surface area contributed by atoms with E-state index >= 15 is 0 Å². The molecule has 0 bridgehead atoms. The minimum absolute atomic E-state index is 0.146. The first-order valence-corrected chi connectivity index (χ1v) is 5.39. The summed E-state index contributed by atoms with van der Waals surface area (Å²) in [6.45, 7) is 0.578. The van der Waals surface area contributed by atoms with Crippen molar-refractivity contribution in [3.05, 3.63) is 17.4 Å². The normalized spacial score (nSPS) is 19.8. The van der Waals surface area contributed by atoms with Crippen molar-refractivity contribution in [2.45, 2.75) is 18.8 Å². The maximum Gasteiger partial charge on any atom is 0.251 e. The second-order valence-corrected chi connectivity index (χ2v) is 4.30. The third kappa shape index (κ3) is 2.35. The van der Waals surface area contributed by atoms with Gasteiger partial charge in [0.1, 0.15) is 5.15 Å². The maximum absolute atomic E-state index is 13.0. The average molecular weight is 248 g/mol. The Balaban J connectivity index is 2.17. The van der Waals surface area contributed by atoms with E-state index in [0.29, 0.717) is 16.5 Å². The molecule has 0 amide bonds. The summed E-state index contributed by atoms with van der Waals surface area (Å²) in [5, 5.41) is 0.321. The average Bonchev–Trinajstić information content (AvgIpc) is 2.22. The van der Waals surface area contributed by atoms with E-state index in [0.717, 1.165) is 0 Å². The van der Waals surface area contributed by atoms with Crippen molar-refractivity contribution in [1.82, 2.24) is 4.98 Å². The number of nitrogens with two attached hydrogens (primary N) is 1. The summed E-state index contributed by atoms with van der Waals surface area (Å²) < 4.78 is 26.0. The molecule has 2 N–H and O–H groups in total. The fourth-order valence-electron chi connectivity index (χ4n) is 1.78. The van der Waals surface area contributed by atoms with Crippen LogP contribution in [-0.4, -0.2) is 24.0 Å². The highest BCUT2D eigenvalue weighted by Gasteiger charge is 2.34. The van der Waals surface area contributed by atoms with Crippen LogP contribution in [-0.2, 0) is 0 Å². The Morgan fingerprint density at radius 3 is 2.62 bits per heavy atom. The first kappa shape index (κ1) is 11.4. The summed E-state index contributed by atoms with van der Waals surface area (Å²) in [5.41, 5.74) is 6.90. The van der Waals surface area contributed by atoms with Crippen LogP contribution in [0.3, 0.4) is 0 Å². The van der Waals surface area contributed by atoms with Gasteiger partial charge in [-0.25, -0.2) is 13.8 Å². The van der Waals surface area contributed by atoms with Gasteiger partial charge in [-0.05, 0) is 0 Å². The molecule has 0 unspecified atom stereocenters. The van der Waals surface area contributed by atoms with Gasteiger partial charge in [-0.3, -0.25) is 0 Å². The van der Waals surface area contributed by atoms with Crippen LogP contribution < -0.4 is 10.6 Å². The highest BCUT2D eigenvalue weighted by Crippen LogP contribution is 2.33. The van der Waals surface area contributed by atoms with Gasteiger partial charge < -0.3 is 10.6 Å². The molecule has 2 rings (SSSR count). The molecule has 1 aromatic rings. The Kier molecular flexibility index (Phi) is 2.88. The zero-order valence-electron chi connectivity index (χ0n) is 8.59. The summed E-state index contributed by atoms with van der Waals surface area (Å²) in [5.74, 6) is -2.55. The first-order chi connectivity index (χ1) is 7.48. The van der Waals surface area contributed by atoms with Gasteiger partial charge in [0.2, 0.25) is 0 Å². The maximum atomic E-state index is 13.0. The van der Waals surface area contributed by atoms with Crippen molar-refractivity contribution < 1.29 is 8.78 Å². The number of hydrogen-bond acceptors (Lipinski definition) is 3. The van der Waals surface area contributed by atoms with Gasteiger partial charge in [0, 0.05) is 32.0 Å². The van der Waals surface area contributed by atoms with Crippen molar-refractivity contribution in [2.75, 3.05) is 23.7 Å². The van der Waals surface area contributed by atoms with Crippen molar-refractivity contribution in [3.8, 4) is 0 Å². The fraction of sp³-hybridized carbons (Fsp3) is 0.500. The molecule has 6 heteroatoms. The van der Waals surface area contributed by atoms with Crippen LogP contribution in [0.2, 0.25) is 5.15 Å². The number of piperidine rings is 1. The SMILES string of the molecule is Nc1cnc(Cl)cc1N1CCC(F)(F)CC1. The lowest BCUT2D eigenvalue weighted by molar-refractivity contribution is -0.0220. The van der Waals surface area contributed by atoms with Crippen molar-refractivity contribution in [3.63, 3.8) is 0 Å². The highest BCUT2D eigenvalue weighted by molar-refractivity contribution is 6.29. The van der Waals surface area contributed by atoms with E-state index in [9.17, 15) is 8.78 Å². The number of aromatic nitrogens is 1. The van der Waals surface area contributed by atoms with E-state index in [1.165, 1.54) is 6.20 Å². The zero-order chi connectivity index (χ0) is 11.8. The molecular formula is C10H12ClF2N3. The fourth-order valence-corrected chi connectivity index (χ4v) is 1.93. The minimum atomic E-state index is -2.55. The third-order valence-electron chi connectivity index (χ3n) is 2.71. The number of nitrogens with zero attached hydrogens (tertiary/aromatic N) is 2. The van der Waals surface area contributed by atoms with Gasteiger partial charge in [-0.2, -0.15) is 0 Å². The topological polar surface area (TPSA) is 42.1 Å². The van der Waals surface area contributed by atoms with Gasteiger partial charge in [-0.1, -0.05) is 11.6 Å². The predicted octanol–water partition coefficient (Wildman–Crippen LogP) is 2.55. The largest absolute Gasteiger partial charge is 0.396 e. The lowest BCUT2D eigenvalue weighted by Gasteiger charge is -2.33. The van der Waals surface area contributed by atoms with E-state index < -0.39 is 5.92 Å². The van der Waals surface area contributed by atoms with E-state index in [1.807, 2.05) is 4.90 Å². The molecule has 3 nitrogen and oxygen atoms in total. The highest BCUT2D eigenvalue weighted by atomic mass is 35.5. The quantitative estimate of drug-likeness (QED) is 0.776. The molecule has 16 heavy (non-hydrogen) atoms. The van der Waals surface area contributed by atoms with Gasteiger partial charge in [-0.15, -0.1) is 0 Å². The second-order valence-electron chi connectivity index (χ2n) is 3.91. The molecule has 1 aliphatic heterocycles. The molecule has 0 spiro atoms. The molecule has 1 saturated heterocycles. The molecule has 88 valence electrons. The van der Waals surface area contributed by atoms with Crippen LogP contribution in [0.4, 0.5) is 20.2 Å². The lowest BCUT2D eigenvalue weighted by atomic mass is 10.1. The smallest absolute Gasteiger partial charge is 0.251 e. The molecule has 2 heterocycles. The van der Waals surface area contributed by atoms with Gasteiger partial charge >= 0.3 is 0 Å². The molecule has 0 atom stereocenters. The summed E-state index contributed by atoms with van der Waals surface area (Å²) in [6, 6.07) is 1.61. The van der Waals surface area contributed by atoms with Crippen LogP contribution in [0.1, 0.15) is 12.8 Å². The van der Waals surface area contributed by atoms with Crippen LogP contribution in [0.25, 0.3) is 0 Å². The second kappa shape index (κ2) is 4.05. The number of pyridine rings is 1. The third-order valence-corrected chi connectivity index (χ3v) is 2.92. The Labute approximate surface area is 97.2 Å². The van der Waals surface area contributed by atoms with Crippen LogP contribution in [0, 0.1) is 0 Å². The van der Waals surface area contributed by atoms with E-state index in [1.54, 1.807) is 6.07 Å². The minimum Gasteiger partial charge on any atom is -0.396 e. The Hall–Kier alpha value is -1.10. The van der Waals surface area contributed by atoms with Crippen LogP contribution in [0.15, 0.2) is 12.3 Å². The van der Waals surface area contributed by atoms with Gasteiger partial charge in [0.25, 0.3) is 5.92 Å². The molecule has 1 aromatic heterocycles. The van der Waals surface area contributed by atoms with E-state index in [-0.39, 0.29) is 25.9 Å². The van der Waals surface area contributed by atoms with E-state index in [4.69, 9.17) is 17.3 Å². The number of hydrogen-bond donors (Lipinski definition) is 1. The molecule has 0 aliphatic carbocycles. The van der Waals surface area contributed by atoms with Crippen molar-refractivity contribution in [2.24, 2.45) is 0 Å². The number of anilines is 2. The summed E-state index contributed by atoms with van der Waals surface area (Å²) >= 11 is 5.75. The Morgan fingerprint density at radius 2 is 2.00 bits per heavy atom. The lowest BCUT2D eigenvalue weighted by Crippen LogP contribution is -2.39. The summed E-state index contributed by atoms with van der Waals surface area (Å²) in [4.78, 5) is 5.65. The molecular weight excluding hydrogens is 236 g/mol. The predicted molar refractivity (Wildman–Crippen MR) is 60.1 cm³/mol. The van der Waals surface area contributed by atoms with Crippen LogP contribution in [0.5, 0.6) is 0 Å². The van der Waals surface area contributed by atoms with Gasteiger partial charge in [0.05, 0.1) is 17.6 Å². The van der Waals surface area contributed by atoms with E-state index in [2.05, 4.69) is 4.98 Å². The van der Waals surface area contributed by atoms with Crippen molar-refractivity contribution >= 4 is 23.0 Å². The zero-order valence-corrected chi connectivity index (χ0v) is 9.34. The summed E-state index contributed by atoms with van der Waals surface area (Å²) in [7, 11) is 0. The molecule has 1 aliphatic rings. The Bertz CT molecular complexity index is 388. The summed E-state index contributed by atoms with van der Waals surface area (Å²) in [6.07, 6.45) is 1.16. The standard InChI is InChI=1S/C10H12ClF2N3/c11-9-5-8(7(14)6-15-9)16-3-1-10(12,13)2-4-16/h5-6H,1-4,14H2. The van der Waals surface area contributed by atoms with Gasteiger partial charge in [0.15, 0.2) is 0 Å². The number of rotatable bonds is 1. The molecule has 0 radical (unpaired) electrons. The monoisotopic (exact) mass is 247 g/mol. The molecule has 1 fully saturated rings. The van der Waals surface area contributed by atoms with Crippen molar-refractivity contribution in [1.29, 1.82) is 0 Å². The first-order valence-electron chi connectivity index (χ1n) is 5.02. The number of halogens is 3. The molecule has 0 aromatic carbocycles. The number of nitrogen functional groups attached to an aromatic ring is 1. The molecule has 0 saturated carbocycles.